The lowest BCUT2D eigenvalue weighted by Gasteiger charge is -2.30. The molecule has 5 nitrogen and oxygen atoms in total. The predicted octanol–water partition coefficient (Wildman–Crippen LogP) is 1.85. The fourth-order valence-electron chi connectivity index (χ4n) is 2.35. The lowest BCUT2D eigenvalue weighted by Crippen LogP contribution is -2.41. The summed E-state index contributed by atoms with van der Waals surface area (Å²) in [4.78, 5) is -0.341. The van der Waals surface area contributed by atoms with E-state index in [9.17, 15) is 12.8 Å². The Morgan fingerprint density at radius 1 is 1.43 bits per heavy atom. The molecule has 1 heterocycles. The molecule has 0 radical (unpaired) electrons. The van der Waals surface area contributed by atoms with Crippen molar-refractivity contribution in [2.24, 2.45) is 5.73 Å². The molecule has 0 spiro atoms. The maximum Gasteiger partial charge on any atom is 0.246 e. The Balaban J connectivity index is 2.41. The van der Waals surface area contributed by atoms with Crippen molar-refractivity contribution in [3.8, 4) is 0 Å². The predicted molar refractivity (Wildman–Crippen MR) is 80.8 cm³/mol. The van der Waals surface area contributed by atoms with E-state index < -0.39 is 15.8 Å². The molecule has 1 aliphatic heterocycles. The maximum atomic E-state index is 14.3. The van der Waals surface area contributed by atoms with Gasteiger partial charge in [0.2, 0.25) is 10.0 Å². The van der Waals surface area contributed by atoms with E-state index in [1.54, 1.807) is 0 Å². The molecule has 0 saturated carbocycles. The first kappa shape index (κ1) is 16.8. The molecule has 0 aliphatic carbocycles. The highest BCUT2D eigenvalue weighted by Crippen LogP contribution is 2.28. The Morgan fingerprint density at radius 2 is 2.05 bits per heavy atom. The third-order valence-electron chi connectivity index (χ3n) is 3.66. The van der Waals surface area contributed by atoms with Crippen LogP contribution in [-0.4, -0.2) is 39.0 Å². The van der Waals surface area contributed by atoms with Crippen LogP contribution in [0.1, 0.15) is 18.4 Å². The molecule has 8 heteroatoms. The molecule has 2 rings (SSSR count). The van der Waals surface area contributed by atoms with E-state index in [-0.39, 0.29) is 23.0 Å². The quantitative estimate of drug-likeness (QED) is 0.864. The van der Waals surface area contributed by atoms with Gasteiger partial charge in [-0.1, -0.05) is 15.9 Å². The van der Waals surface area contributed by atoms with E-state index >= 15 is 0 Å². The minimum Gasteiger partial charge on any atom is -0.381 e. The molecule has 1 saturated heterocycles. The van der Waals surface area contributed by atoms with Crippen LogP contribution in [0.4, 0.5) is 4.39 Å². The van der Waals surface area contributed by atoms with Gasteiger partial charge in [0.15, 0.2) is 0 Å². The number of hydrogen-bond acceptors (Lipinski definition) is 4. The second kappa shape index (κ2) is 6.70. The molecule has 1 aromatic carbocycles. The number of hydrogen-bond donors (Lipinski definition) is 1. The van der Waals surface area contributed by atoms with Crippen molar-refractivity contribution >= 4 is 26.0 Å². The van der Waals surface area contributed by atoms with Crippen LogP contribution >= 0.6 is 15.9 Å². The average Bonchev–Trinajstić information content (AvgIpc) is 2.49. The normalized spacial score (nSPS) is 17.4. The number of nitrogens with two attached hydrogens (primary N) is 1. The molecule has 1 aliphatic rings. The zero-order valence-corrected chi connectivity index (χ0v) is 14.1. The summed E-state index contributed by atoms with van der Waals surface area (Å²) < 4.78 is 46.6. The number of benzene rings is 1. The summed E-state index contributed by atoms with van der Waals surface area (Å²) in [7, 11) is -2.43. The van der Waals surface area contributed by atoms with Gasteiger partial charge in [-0.25, -0.2) is 12.8 Å². The SMILES string of the molecule is CN(C1CCOCC1)S(=O)(=O)c1cc(Br)cc(CN)c1F. The van der Waals surface area contributed by atoms with Crippen molar-refractivity contribution in [2.45, 2.75) is 30.3 Å². The molecule has 1 aromatic rings. The third kappa shape index (κ3) is 3.45. The number of nitrogens with zero attached hydrogens (tertiary/aromatic N) is 1. The molecule has 0 bridgehead atoms. The third-order valence-corrected chi connectivity index (χ3v) is 6.03. The highest BCUT2D eigenvalue weighted by Gasteiger charge is 2.32. The molecule has 0 atom stereocenters. The van der Waals surface area contributed by atoms with Crippen molar-refractivity contribution in [3.63, 3.8) is 0 Å². The molecule has 21 heavy (non-hydrogen) atoms. The van der Waals surface area contributed by atoms with Crippen LogP contribution in [0.3, 0.4) is 0 Å². The van der Waals surface area contributed by atoms with Crippen molar-refractivity contribution in [3.05, 3.63) is 28.0 Å². The van der Waals surface area contributed by atoms with Gasteiger partial charge in [0, 0.05) is 42.9 Å². The number of halogens is 2. The van der Waals surface area contributed by atoms with E-state index in [0.29, 0.717) is 30.5 Å². The van der Waals surface area contributed by atoms with Gasteiger partial charge >= 0.3 is 0 Å². The summed E-state index contributed by atoms with van der Waals surface area (Å²) in [5.41, 5.74) is 5.63. The zero-order valence-electron chi connectivity index (χ0n) is 11.7. The molecule has 2 N–H and O–H groups in total. The standard InChI is InChI=1S/C13H18BrFN2O3S/c1-17(11-2-4-20-5-3-11)21(18,19)12-7-10(14)6-9(8-16)13(12)15/h6-7,11H,2-5,8,16H2,1H3. The van der Waals surface area contributed by atoms with Gasteiger partial charge in [-0.15, -0.1) is 0 Å². The molecule has 0 aromatic heterocycles. The number of rotatable bonds is 4. The summed E-state index contributed by atoms with van der Waals surface area (Å²) in [5, 5.41) is 0. The molecule has 118 valence electrons. The molecule has 0 unspecified atom stereocenters. The van der Waals surface area contributed by atoms with Crippen LogP contribution in [0.2, 0.25) is 0 Å². The second-order valence-electron chi connectivity index (χ2n) is 4.95. The fourth-order valence-corrected chi connectivity index (χ4v) is 4.56. The minimum atomic E-state index is -3.91. The summed E-state index contributed by atoms with van der Waals surface area (Å²) in [5.74, 6) is -0.778. The second-order valence-corrected chi connectivity index (χ2v) is 7.83. The average molecular weight is 381 g/mol. The van der Waals surface area contributed by atoms with Crippen LogP contribution in [0, 0.1) is 5.82 Å². The van der Waals surface area contributed by atoms with E-state index in [4.69, 9.17) is 10.5 Å². The van der Waals surface area contributed by atoms with Crippen LogP contribution < -0.4 is 5.73 Å². The van der Waals surface area contributed by atoms with Crippen LogP contribution in [0.5, 0.6) is 0 Å². The lowest BCUT2D eigenvalue weighted by atomic mass is 10.1. The van der Waals surface area contributed by atoms with Crippen molar-refractivity contribution in [1.82, 2.24) is 4.31 Å². The van der Waals surface area contributed by atoms with Gasteiger partial charge in [0.25, 0.3) is 0 Å². The van der Waals surface area contributed by atoms with E-state index in [0.717, 1.165) is 0 Å². The Morgan fingerprint density at radius 3 is 2.62 bits per heavy atom. The molecular formula is C13H18BrFN2O3S. The van der Waals surface area contributed by atoms with Crippen LogP contribution in [-0.2, 0) is 21.3 Å². The monoisotopic (exact) mass is 380 g/mol. The van der Waals surface area contributed by atoms with Gasteiger partial charge in [0.05, 0.1) is 0 Å². The van der Waals surface area contributed by atoms with Crippen molar-refractivity contribution in [2.75, 3.05) is 20.3 Å². The van der Waals surface area contributed by atoms with E-state index in [1.165, 1.54) is 23.5 Å². The molecular weight excluding hydrogens is 363 g/mol. The first-order valence-electron chi connectivity index (χ1n) is 6.61. The zero-order chi connectivity index (χ0) is 15.6. The summed E-state index contributed by atoms with van der Waals surface area (Å²) in [6.07, 6.45) is 1.21. The topological polar surface area (TPSA) is 72.6 Å². The number of sulfonamides is 1. The minimum absolute atomic E-state index is 0.0607. The maximum absolute atomic E-state index is 14.3. The largest absolute Gasteiger partial charge is 0.381 e. The van der Waals surface area contributed by atoms with E-state index in [1.807, 2.05) is 0 Å². The lowest BCUT2D eigenvalue weighted by molar-refractivity contribution is 0.0631. The summed E-state index contributed by atoms with van der Waals surface area (Å²) in [6, 6.07) is 2.59. The van der Waals surface area contributed by atoms with Crippen LogP contribution in [0.15, 0.2) is 21.5 Å². The van der Waals surface area contributed by atoms with Crippen molar-refractivity contribution < 1.29 is 17.5 Å². The molecule has 0 amide bonds. The first-order chi connectivity index (χ1) is 9.87. The summed E-state index contributed by atoms with van der Waals surface area (Å²) in [6.45, 7) is 0.966. The Bertz CT molecular complexity index is 618. The molecule has 1 fully saturated rings. The Hall–Kier alpha value is -0.540. The Kier molecular flexibility index (Phi) is 5.37. The smallest absolute Gasteiger partial charge is 0.246 e. The highest BCUT2D eigenvalue weighted by atomic mass is 79.9. The van der Waals surface area contributed by atoms with Gasteiger partial charge in [-0.3, -0.25) is 0 Å². The first-order valence-corrected chi connectivity index (χ1v) is 8.85. The Labute approximate surface area is 132 Å². The van der Waals surface area contributed by atoms with Crippen LogP contribution in [0.25, 0.3) is 0 Å². The fraction of sp³-hybridized carbons (Fsp3) is 0.538. The van der Waals surface area contributed by atoms with E-state index in [2.05, 4.69) is 15.9 Å². The van der Waals surface area contributed by atoms with Gasteiger partial charge in [0.1, 0.15) is 10.7 Å². The number of ether oxygens (including phenoxy) is 1. The van der Waals surface area contributed by atoms with Gasteiger partial charge in [-0.05, 0) is 25.0 Å². The summed E-state index contributed by atoms with van der Waals surface area (Å²) >= 11 is 3.20. The highest BCUT2D eigenvalue weighted by molar-refractivity contribution is 9.10. The van der Waals surface area contributed by atoms with Crippen molar-refractivity contribution in [1.29, 1.82) is 0 Å². The van der Waals surface area contributed by atoms with Gasteiger partial charge < -0.3 is 10.5 Å². The van der Waals surface area contributed by atoms with Gasteiger partial charge in [-0.2, -0.15) is 4.31 Å².